The Labute approximate surface area is 166 Å². The lowest BCUT2D eigenvalue weighted by Crippen LogP contribution is -2.37. The van der Waals surface area contributed by atoms with Gasteiger partial charge in [-0.15, -0.1) is 0 Å². The summed E-state index contributed by atoms with van der Waals surface area (Å²) in [6, 6.07) is 14.0. The van der Waals surface area contributed by atoms with Gasteiger partial charge in [-0.05, 0) is 26.0 Å². The molecule has 7 heteroatoms. The van der Waals surface area contributed by atoms with E-state index in [4.69, 9.17) is 0 Å². The average Bonchev–Trinajstić information content (AvgIpc) is 3.00. The molecule has 0 spiro atoms. The lowest BCUT2D eigenvalue weighted by Gasteiger charge is -2.11. The first-order valence-corrected chi connectivity index (χ1v) is 9.45. The van der Waals surface area contributed by atoms with E-state index in [2.05, 4.69) is 10.4 Å². The molecule has 1 N–H and O–H groups in total. The number of aromatic nitrogens is 3. The summed E-state index contributed by atoms with van der Waals surface area (Å²) in [6.45, 7) is 3.73. The second-order valence-corrected chi connectivity index (χ2v) is 7.29. The Morgan fingerprint density at radius 2 is 1.83 bits per heavy atom. The van der Waals surface area contributed by atoms with Crippen LogP contribution in [0.15, 0.2) is 59.5 Å². The van der Waals surface area contributed by atoms with Crippen LogP contribution in [0.4, 0.5) is 4.39 Å². The van der Waals surface area contributed by atoms with Crippen molar-refractivity contribution in [1.29, 1.82) is 0 Å². The van der Waals surface area contributed by atoms with Crippen molar-refractivity contribution in [3.8, 4) is 0 Å². The van der Waals surface area contributed by atoms with Gasteiger partial charge in [0.1, 0.15) is 17.9 Å². The summed E-state index contributed by atoms with van der Waals surface area (Å²) in [7, 11) is 0. The van der Waals surface area contributed by atoms with Crippen LogP contribution in [0.2, 0.25) is 0 Å². The van der Waals surface area contributed by atoms with Crippen molar-refractivity contribution < 1.29 is 9.18 Å². The van der Waals surface area contributed by atoms with Gasteiger partial charge in [-0.3, -0.25) is 9.59 Å². The molecule has 0 bridgehead atoms. The summed E-state index contributed by atoms with van der Waals surface area (Å²) < 4.78 is 17.2. The van der Waals surface area contributed by atoms with E-state index in [-0.39, 0.29) is 36.4 Å². The Hall–Kier alpha value is -3.48. The smallest absolute Gasteiger partial charge is 0.291 e. The van der Waals surface area contributed by atoms with Gasteiger partial charge in [0.15, 0.2) is 0 Å². The number of halogens is 1. The van der Waals surface area contributed by atoms with Crippen molar-refractivity contribution in [2.45, 2.75) is 33.0 Å². The fraction of sp³-hybridized carbons (Fsp3) is 0.227. The van der Waals surface area contributed by atoms with Crippen LogP contribution in [0, 0.1) is 5.82 Å². The fourth-order valence-corrected chi connectivity index (χ4v) is 3.57. The predicted molar refractivity (Wildman–Crippen MR) is 110 cm³/mol. The molecule has 2 aromatic carbocycles. The minimum Gasteiger partial charge on any atom is -0.352 e. The molecule has 4 aromatic rings. The number of hydrogen-bond donors (Lipinski definition) is 1. The molecule has 0 aliphatic heterocycles. The van der Waals surface area contributed by atoms with Gasteiger partial charge < -0.3 is 9.88 Å². The number of carbonyl (C=O) groups excluding carboxylic acids is 1. The molecule has 1 amide bonds. The lowest BCUT2D eigenvalue weighted by molar-refractivity contribution is -0.122. The van der Waals surface area contributed by atoms with Gasteiger partial charge in [0.2, 0.25) is 5.91 Å². The van der Waals surface area contributed by atoms with Crippen LogP contribution in [0.3, 0.4) is 0 Å². The fourth-order valence-electron chi connectivity index (χ4n) is 3.57. The summed E-state index contributed by atoms with van der Waals surface area (Å²) >= 11 is 0. The molecule has 0 fully saturated rings. The zero-order chi connectivity index (χ0) is 20.5. The van der Waals surface area contributed by atoms with Crippen LogP contribution in [-0.4, -0.2) is 26.3 Å². The van der Waals surface area contributed by atoms with Crippen molar-refractivity contribution in [2.24, 2.45) is 0 Å². The molecule has 0 radical (unpaired) electrons. The zero-order valence-electron chi connectivity index (χ0n) is 16.2. The Balaban J connectivity index is 1.90. The van der Waals surface area contributed by atoms with Gasteiger partial charge in [0.25, 0.3) is 5.56 Å². The van der Waals surface area contributed by atoms with E-state index >= 15 is 0 Å². The number of nitrogens with one attached hydrogen (secondary N) is 1. The van der Waals surface area contributed by atoms with Crippen molar-refractivity contribution >= 4 is 27.7 Å². The molecule has 148 valence electrons. The summed E-state index contributed by atoms with van der Waals surface area (Å²) in [5, 5.41) is 8.50. The highest BCUT2D eigenvalue weighted by molar-refractivity contribution is 6.07. The van der Waals surface area contributed by atoms with Gasteiger partial charge in [-0.25, -0.2) is 9.07 Å². The van der Waals surface area contributed by atoms with Crippen LogP contribution in [-0.2, 0) is 17.9 Å². The van der Waals surface area contributed by atoms with Gasteiger partial charge in [0, 0.05) is 27.9 Å². The number of fused-ring (bicyclic) bond motifs is 3. The Morgan fingerprint density at radius 1 is 1.10 bits per heavy atom. The number of carbonyl (C=O) groups is 1. The molecule has 2 aromatic heterocycles. The summed E-state index contributed by atoms with van der Waals surface area (Å²) in [4.78, 5) is 25.4. The van der Waals surface area contributed by atoms with E-state index in [0.29, 0.717) is 16.5 Å². The van der Waals surface area contributed by atoms with Crippen LogP contribution >= 0.6 is 0 Å². The third-order valence-corrected chi connectivity index (χ3v) is 4.80. The maximum absolute atomic E-state index is 14.3. The number of benzene rings is 2. The first kappa shape index (κ1) is 18.9. The Bertz CT molecular complexity index is 1270. The largest absolute Gasteiger partial charge is 0.352 e. The normalized spacial score (nSPS) is 11.4. The van der Waals surface area contributed by atoms with Gasteiger partial charge in [0.05, 0.1) is 12.7 Å². The lowest BCUT2D eigenvalue weighted by atomic mass is 10.2. The quantitative estimate of drug-likeness (QED) is 0.568. The van der Waals surface area contributed by atoms with E-state index in [1.165, 1.54) is 6.07 Å². The van der Waals surface area contributed by atoms with Crippen LogP contribution in [0.25, 0.3) is 21.8 Å². The number of para-hydroxylation sites is 1. The highest BCUT2D eigenvalue weighted by Gasteiger charge is 2.18. The second-order valence-electron chi connectivity index (χ2n) is 7.29. The molecule has 0 aliphatic rings. The van der Waals surface area contributed by atoms with Gasteiger partial charge >= 0.3 is 0 Å². The zero-order valence-corrected chi connectivity index (χ0v) is 16.2. The summed E-state index contributed by atoms with van der Waals surface area (Å²) in [5.74, 6) is -0.616. The molecule has 0 unspecified atom stereocenters. The number of hydrogen-bond acceptors (Lipinski definition) is 3. The molecule has 4 rings (SSSR count). The van der Waals surface area contributed by atoms with E-state index in [9.17, 15) is 14.0 Å². The van der Waals surface area contributed by atoms with Crippen molar-refractivity contribution in [3.05, 3.63) is 76.5 Å². The van der Waals surface area contributed by atoms with Crippen molar-refractivity contribution in [1.82, 2.24) is 19.7 Å². The summed E-state index contributed by atoms with van der Waals surface area (Å²) in [5.41, 5.74) is 1.32. The number of amides is 1. The standard InChI is InChI=1S/C22H21FN4O2/c1-14(2)25-20(28)13-27-22(29)21-17(11-24-27)16-8-4-6-10-19(16)26(21)12-15-7-3-5-9-18(15)23/h3-11,14H,12-13H2,1-2H3,(H,25,28). The monoisotopic (exact) mass is 392 g/mol. The Morgan fingerprint density at radius 3 is 2.59 bits per heavy atom. The predicted octanol–water partition coefficient (Wildman–Crippen LogP) is 3.06. The number of nitrogens with zero attached hydrogens (tertiary/aromatic N) is 3. The first-order valence-electron chi connectivity index (χ1n) is 9.45. The Kier molecular flexibility index (Phi) is 4.88. The molecular formula is C22H21FN4O2. The maximum Gasteiger partial charge on any atom is 0.291 e. The van der Waals surface area contributed by atoms with Crippen LogP contribution in [0.1, 0.15) is 19.4 Å². The third kappa shape index (κ3) is 3.51. The van der Waals surface area contributed by atoms with E-state index in [0.717, 1.165) is 15.6 Å². The first-order chi connectivity index (χ1) is 14.0. The van der Waals surface area contributed by atoms with Crippen molar-refractivity contribution in [2.75, 3.05) is 0 Å². The molecule has 29 heavy (non-hydrogen) atoms. The highest BCUT2D eigenvalue weighted by Crippen LogP contribution is 2.27. The minimum absolute atomic E-state index is 0.0329. The van der Waals surface area contributed by atoms with Crippen LogP contribution in [0.5, 0.6) is 0 Å². The second kappa shape index (κ2) is 7.50. The van der Waals surface area contributed by atoms with Crippen LogP contribution < -0.4 is 10.9 Å². The molecule has 0 saturated heterocycles. The van der Waals surface area contributed by atoms with E-state index < -0.39 is 0 Å². The van der Waals surface area contributed by atoms with Crippen molar-refractivity contribution in [3.63, 3.8) is 0 Å². The highest BCUT2D eigenvalue weighted by atomic mass is 19.1. The van der Waals surface area contributed by atoms with E-state index in [1.54, 1.807) is 29.0 Å². The molecule has 6 nitrogen and oxygen atoms in total. The molecule has 0 saturated carbocycles. The van der Waals surface area contributed by atoms with E-state index in [1.807, 2.05) is 38.1 Å². The molecule has 0 atom stereocenters. The topological polar surface area (TPSA) is 68.9 Å². The molecule has 2 heterocycles. The summed E-state index contributed by atoms with van der Waals surface area (Å²) in [6.07, 6.45) is 1.60. The average molecular weight is 392 g/mol. The molecular weight excluding hydrogens is 371 g/mol. The molecule has 0 aliphatic carbocycles. The maximum atomic E-state index is 14.3. The minimum atomic E-state index is -0.381. The number of rotatable bonds is 5. The van der Waals surface area contributed by atoms with Gasteiger partial charge in [-0.1, -0.05) is 36.4 Å². The van der Waals surface area contributed by atoms with Gasteiger partial charge in [-0.2, -0.15) is 5.10 Å². The third-order valence-electron chi connectivity index (χ3n) is 4.80. The SMILES string of the molecule is CC(C)NC(=O)Cn1ncc2c3ccccc3n(Cc3ccccc3F)c2c1=O.